The van der Waals surface area contributed by atoms with Crippen molar-refractivity contribution in [3.63, 3.8) is 0 Å². The van der Waals surface area contributed by atoms with E-state index < -0.39 is 5.25 Å². The largest absolute Gasteiger partial charge is 0.510 e. The van der Waals surface area contributed by atoms with Gasteiger partial charge in [-0.1, -0.05) is 54.2 Å². The van der Waals surface area contributed by atoms with Crippen molar-refractivity contribution < 1.29 is 5.11 Å². The van der Waals surface area contributed by atoms with Crippen LogP contribution in [0.4, 0.5) is 0 Å². The van der Waals surface area contributed by atoms with Crippen molar-refractivity contribution in [3.8, 4) is 6.07 Å². The molecule has 0 saturated heterocycles. The van der Waals surface area contributed by atoms with Crippen LogP contribution in [0.1, 0.15) is 42.9 Å². The van der Waals surface area contributed by atoms with Crippen LogP contribution in [-0.2, 0) is 6.54 Å². The predicted molar refractivity (Wildman–Crippen MR) is 124 cm³/mol. The molecular weight excluding hydrogens is 420 g/mol. The van der Waals surface area contributed by atoms with Gasteiger partial charge in [0.05, 0.1) is 22.8 Å². The number of rotatable bonds is 7. The zero-order valence-electron chi connectivity index (χ0n) is 17.6. The van der Waals surface area contributed by atoms with Crippen LogP contribution >= 0.6 is 11.8 Å². The molecule has 2 heterocycles. The first-order valence-electron chi connectivity index (χ1n) is 10.6. The molecule has 1 saturated carbocycles. The predicted octanol–water partition coefficient (Wildman–Crippen LogP) is 5.05. The van der Waals surface area contributed by atoms with Gasteiger partial charge in [-0.15, -0.1) is 10.2 Å². The standard InChI is InChI=1S/C24H22N6OS/c1-15(21(31)18(13-25)22-26-19-9-5-6-10-20(19)27-22)32-24-29-28-23(17-11-12-17)30(24)14-16-7-3-2-4-8-16/h2-10,15,17,31H,11-12,14H2,1H3,(H,26,27)/b21-18-. The maximum atomic E-state index is 10.9. The molecule has 2 aromatic heterocycles. The normalized spacial score (nSPS) is 15.4. The smallest absolute Gasteiger partial charge is 0.192 e. The van der Waals surface area contributed by atoms with Gasteiger partial charge in [0.25, 0.3) is 0 Å². The minimum absolute atomic E-state index is 0.0289. The van der Waals surface area contributed by atoms with E-state index in [1.54, 1.807) is 0 Å². The molecule has 5 rings (SSSR count). The summed E-state index contributed by atoms with van der Waals surface area (Å²) in [7, 11) is 0. The van der Waals surface area contributed by atoms with E-state index in [0.29, 0.717) is 18.3 Å². The van der Waals surface area contributed by atoms with Crippen molar-refractivity contribution in [2.24, 2.45) is 0 Å². The average molecular weight is 443 g/mol. The molecule has 1 fully saturated rings. The van der Waals surface area contributed by atoms with Crippen molar-refractivity contribution in [1.29, 1.82) is 5.26 Å². The van der Waals surface area contributed by atoms with Crippen LogP contribution < -0.4 is 0 Å². The highest BCUT2D eigenvalue weighted by Crippen LogP contribution is 2.41. The number of benzene rings is 2. The van der Waals surface area contributed by atoms with Crippen LogP contribution in [0.25, 0.3) is 16.6 Å². The van der Waals surface area contributed by atoms with Crippen LogP contribution in [0.2, 0.25) is 0 Å². The second-order valence-electron chi connectivity index (χ2n) is 7.92. The first-order chi connectivity index (χ1) is 15.6. The minimum atomic E-state index is -0.399. The van der Waals surface area contributed by atoms with Gasteiger partial charge in [-0.05, 0) is 37.5 Å². The topological polar surface area (TPSA) is 103 Å². The summed E-state index contributed by atoms with van der Waals surface area (Å²) >= 11 is 1.40. The Morgan fingerprint density at radius 1 is 1.19 bits per heavy atom. The fraction of sp³-hybridized carbons (Fsp3) is 0.250. The van der Waals surface area contributed by atoms with Gasteiger partial charge >= 0.3 is 0 Å². The van der Waals surface area contributed by atoms with Crippen molar-refractivity contribution in [2.75, 3.05) is 0 Å². The Labute approximate surface area is 189 Å². The number of H-pyrrole nitrogens is 1. The highest BCUT2D eigenvalue weighted by molar-refractivity contribution is 7.99. The molecular formula is C24H22N6OS. The van der Waals surface area contributed by atoms with Crippen LogP contribution in [0, 0.1) is 11.3 Å². The number of aromatic amines is 1. The fourth-order valence-electron chi connectivity index (χ4n) is 3.67. The fourth-order valence-corrected chi connectivity index (χ4v) is 4.58. The number of hydrogen-bond donors (Lipinski definition) is 2. The Kier molecular flexibility index (Phi) is 5.41. The lowest BCUT2D eigenvalue weighted by Crippen LogP contribution is -2.10. The molecule has 8 heteroatoms. The molecule has 1 atom stereocenters. The summed E-state index contributed by atoms with van der Waals surface area (Å²) in [6.45, 7) is 2.53. The Bertz CT molecular complexity index is 1300. The zero-order chi connectivity index (χ0) is 22.1. The van der Waals surface area contributed by atoms with E-state index in [0.717, 1.165) is 34.9 Å². The zero-order valence-corrected chi connectivity index (χ0v) is 18.4. The highest BCUT2D eigenvalue weighted by atomic mass is 32.2. The molecule has 0 bridgehead atoms. The molecule has 32 heavy (non-hydrogen) atoms. The monoisotopic (exact) mass is 442 g/mol. The van der Waals surface area contributed by atoms with Crippen LogP contribution in [-0.4, -0.2) is 35.1 Å². The number of imidazole rings is 1. The Balaban J connectivity index is 1.45. The summed E-state index contributed by atoms with van der Waals surface area (Å²) in [6, 6.07) is 19.9. The van der Waals surface area contributed by atoms with Crippen molar-refractivity contribution in [1.82, 2.24) is 24.7 Å². The summed E-state index contributed by atoms with van der Waals surface area (Å²) in [5, 5.41) is 29.9. The van der Waals surface area contributed by atoms with Crippen molar-refractivity contribution in [3.05, 3.63) is 77.6 Å². The third-order valence-corrected chi connectivity index (χ3v) is 6.62. The number of aliphatic hydroxyl groups is 1. The van der Waals surface area contributed by atoms with E-state index in [9.17, 15) is 10.4 Å². The maximum Gasteiger partial charge on any atom is 0.192 e. The van der Waals surface area contributed by atoms with Crippen molar-refractivity contribution >= 4 is 28.4 Å². The Hall–Kier alpha value is -3.57. The molecule has 1 aliphatic rings. The summed E-state index contributed by atoms with van der Waals surface area (Å²) in [6.07, 6.45) is 2.26. The first-order valence-corrected chi connectivity index (χ1v) is 11.4. The molecule has 1 aliphatic carbocycles. The van der Waals surface area contributed by atoms with E-state index in [1.807, 2.05) is 49.4 Å². The maximum absolute atomic E-state index is 10.9. The van der Waals surface area contributed by atoms with Gasteiger partial charge in [0.2, 0.25) is 0 Å². The number of nitriles is 1. The average Bonchev–Trinajstić information content (AvgIpc) is 3.45. The number of nitrogens with one attached hydrogen (secondary N) is 1. The Morgan fingerprint density at radius 3 is 2.66 bits per heavy atom. The van der Waals surface area contributed by atoms with Crippen LogP contribution in [0.5, 0.6) is 0 Å². The molecule has 0 amide bonds. The summed E-state index contributed by atoms with van der Waals surface area (Å²) in [4.78, 5) is 7.59. The van der Waals surface area contributed by atoms with Crippen LogP contribution in [0.3, 0.4) is 0 Å². The number of aliphatic hydroxyl groups excluding tert-OH is 1. The van der Waals surface area contributed by atoms with Crippen LogP contribution in [0.15, 0.2) is 65.5 Å². The molecule has 7 nitrogen and oxygen atoms in total. The van der Waals surface area contributed by atoms with Gasteiger partial charge in [-0.25, -0.2) is 4.98 Å². The lowest BCUT2D eigenvalue weighted by Gasteiger charge is -2.14. The minimum Gasteiger partial charge on any atom is -0.510 e. The lowest BCUT2D eigenvalue weighted by molar-refractivity contribution is 0.401. The highest BCUT2D eigenvalue weighted by Gasteiger charge is 2.31. The van der Waals surface area contributed by atoms with E-state index in [2.05, 4.69) is 42.9 Å². The molecule has 2 N–H and O–H groups in total. The summed E-state index contributed by atoms with van der Waals surface area (Å²) in [5.74, 6) is 1.77. The third-order valence-electron chi connectivity index (χ3n) is 5.53. The number of aromatic nitrogens is 5. The molecule has 2 aromatic carbocycles. The number of allylic oxidation sites excluding steroid dienone is 1. The van der Waals surface area contributed by atoms with E-state index in [4.69, 9.17) is 0 Å². The van der Waals surface area contributed by atoms with E-state index >= 15 is 0 Å². The second kappa shape index (κ2) is 8.52. The quantitative estimate of drug-likeness (QED) is 0.236. The first kappa shape index (κ1) is 20.3. The number of thioether (sulfide) groups is 1. The molecule has 0 spiro atoms. The SMILES string of the molecule is CC(Sc1nnc(C2CC2)n1Cc1ccccc1)/C(O)=C(\C#N)c1nc2ccccc2[nH]1. The van der Waals surface area contributed by atoms with Gasteiger partial charge in [0, 0.05) is 5.92 Å². The lowest BCUT2D eigenvalue weighted by atomic mass is 10.2. The van der Waals surface area contributed by atoms with Crippen molar-refractivity contribution in [2.45, 2.75) is 42.6 Å². The second-order valence-corrected chi connectivity index (χ2v) is 9.23. The number of fused-ring (bicyclic) bond motifs is 1. The molecule has 160 valence electrons. The van der Waals surface area contributed by atoms with Gasteiger partial charge in [0.15, 0.2) is 11.0 Å². The summed E-state index contributed by atoms with van der Waals surface area (Å²) in [5.41, 5.74) is 2.88. The van der Waals surface area contributed by atoms with Gasteiger partial charge in [-0.3, -0.25) is 0 Å². The summed E-state index contributed by atoms with van der Waals surface area (Å²) < 4.78 is 2.13. The van der Waals surface area contributed by atoms with Gasteiger partial charge in [-0.2, -0.15) is 5.26 Å². The van der Waals surface area contributed by atoms with E-state index in [1.165, 1.54) is 17.3 Å². The Morgan fingerprint density at radius 2 is 1.94 bits per heavy atom. The van der Waals surface area contributed by atoms with E-state index in [-0.39, 0.29) is 11.3 Å². The number of hydrogen-bond acceptors (Lipinski definition) is 6. The number of nitrogens with zero attached hydrogens (tertiary/aromatic N) is 5. The van der Waals surface area contributed by atoms with Gasteiger partial charge < -0.3 is 14.7 Å². The third kappa shape index (κ3) is 3.99. The van der Waals surface area contributed by atoms with Gasteiger partial charge in [0.1, 0.15) is 23.2 Å². The molecule has 0 aliphatic heterocycles. The molecule has 4 aromatic rings. The number of para-hydroxylation sites is 2. The molecule has 0 radical (unpaired) electrons. The molecule has 1 unspecified atom stereocenters.